The maximum atomic E-state index is 14.8. The number of nitrogens with two attached hydrogens (primary N) is 1. The number of aliphatic imine (C=N–C) groups is 1. The molecule has 1 fully saturated rings. The number of aromatic nitrogens is 4. The van der Waals surface area contributed by atoms with Crippen LogP contribution < -0.4 is 10.5 Å². The van der Waals surface area contributed by atoms with Crippen molar-refractivity contribution in [2.45, 2.75) is 36.9 Å². The van der Waals surface area contributed by atoms with Gasteiger partial charge in [-0.1, -0.05) is 6.07 Å². The minimum absolute atomic E-state index is 0.00629. The summed E-state index contributed by atoms with van der Waals surface area (Å²) in [5.74, 6) is -0.673. The van der Waals surface area contributed by atoms with E-state index in [2.05, 4.69) is 25.2 Å². The van der Waals surface area contributed by atoms with Gasteiger partial charge in [0.05, 0.1) is 17.6 Å². The molecule has 2 atom stereocenters. The van der Waals surface area contributed by atoms with E-state index in [0.29, 0.717) is 5.89 Å². The molecule has 0 aliphatic carbocycles. The monoisotopic (exact) mass is 504 g/mol. The van der Waals surface area contributed by atoms with E-state index < -0.39 is 32.0 Å². The Hall–Kier alpha value is -3.74. The predicted molar refractivity (Wildman–Crippen MR) is 123 cm³/mol. The van der Waals surface area contributed by atoms with Crippen molar-refractivity contribution in [3.63, 3.8) is 0 Å². The van der Waals surface area contributed by atoms with Crippen LogP contribution in [0.1, 0.15) is 46.7 Å². The summed E-state index contributed by atoms with van der Waals surface area (Å²) >= 11 is 0. The van der Waals surface area contributed by atoms with Gasteiger partial charge in [-0.05, 0) is 36.6 Å². The van der Waals surface area contributed by atoms with Crippen LogP contribution in [-0.2, 0) is 16.4 Å². The van der Waals surface area contributed by atoms with Gasteiger partial charge in [0.15, 0.2) is 22.3 Å². The van der Waals surface area contributed by atoms with Gasteiger partial charge in [-0.25, -0.2) is 27.2 Å². The molecule has 0 radical (unpaired) electrons. The number of ether oxygens (including phenoxy) is 1. The Morgan fingerprint density at radius 2 is 2.09 bits per heavy atom. The SMILES string of the molecule is CN=C(N)C1CCC(c2cc(/C=C(\F)c3cnc(OCc4nnc(C)o4)cn3)ccc2F)S1(=O)=O. The lowest BCUT2D eigenvalue weighted by atomic mass is 10.0. The van der Waals surface area contributed by atoms with Gasteiger partial charge in [0.1, 0.15) is 22.6 Å². The molecular weight excluding hydrogens is 482 g/mol. The molecule has 3 heterocycles. The highest BCUT2D eigenvalue weighted by Gasteiger charge is 2.44. The van der Waals surface area contributed by atoms with Gasteiger partial charge in [0.2, 0.25) is 11.8 Å². The Morgan fingerprint density at radius 1 is 1.29 bits per heavy atom. The highest BCUT2D eigenvalue weighted by Crippen LogP contribution is 2.40. The number of sulfone groups is 1. The van der Waals surface area contributed by atoms with Gasteiger partial charge in [-0.2, -0.15) is 0 Å². The number of hydrogen-bond acceptors (Lipinski definition) is 9. The lowest BCUT2D eigenvalue weighted by Gasteiger charge is -2.15. The third-order valence-electron chi connectivity index (χ3n) is 5.52. The maximum absolute atomic E-state index is 14.8. The Morgan fingerprint density at radius 3 is 2.74 bits per heavy atom. The average Bonchev–Trinajstić information content (AvgIpc) is 3.40. The predicted octanol–water partition coefficient (Wildman–Crippen LogP) is 2.96. The smallest absolute Gasteiger partial charge is 0.253 e. The highest BCUT2D eigenvalue weighted by atomic mass is 32.2. The standard InChI is InChI=1S/C22H22F2N6O4S/c1-12-29-30-21(34-12)11-33-20-10-27-17(9-28-20)16(24)8-13-3-4-15(23)14(7-13)18-5-6-19(22(25)26-2)35(18,31)32/h3-4,7-10,18-19H,5-6,11H2,1-2H3,(H2,25,26)/b16-8-. The van der Waals surface area contributed by atoms with Crippen molar-refractivity contribution in [3.8, 4) is 5.88 Å². The fourth-order valence-corrected chi connectivity index (χ4v) is 6.09. The summed E-state index contributed by atoms with van der Waals surface area (Å²) in [6.07, 6.45) is 3.94. The fraction of sp³-hybridized carbons (Fsp3) is 0.318. The minimum Gasteiger partial charge on any atom is -0.466 e. The molecule has 2 unspecified atom stereocenters. The second kappa shape index (κ2) is 9.86. The number of halogens is 2. The van der Waals surface area contributed by atoms with E-state index in [0.717, 1.165) is 12.1 Å². The third-order valence-corrected chi connectivity index (χ3v) is 8.07. The van der Waals surface area contributed by atoms with E-state index in [-0.39, 0.29) is 53.9 Å². The summed E-state index contributed by atoms with van der Waals surface area (Å²) in [6, 6.07) is 3.77. The summed E-state index contributed by atoms with van der Waals surface area (Å²) in [7, 11) is -2.40. The van der Waals surface area contributed by atoms with Crippen molar-refractivity contribution < 1.29 is 26.4 Å². The van der Waals surface area contributed by atoms with Crippen LogP contribution in [0.15, 0.2) is 40.0 Å². The number of aryl methyl sites for hydroxylation is 1. The van der Waals surface area contributed by atoms with Crippen LogP contribution in [-0.4, -0.2) is 46.7 Å². The topological polar surface area (TPSA) is 146 Å². The summed E-state index contributed by atoms with van der Waals surface area (Å²) < 4.78 is 65.8. The molecule has 1 aromatic carbocycles. The molecule has 35 heavy (non-hydrogen) atoms. The van der Waals surface area contributed by atoms with Crippen molar-refractivity contribution in [1.29, 1.82) is 0 Å². The second-order valence-electron chi connectivity index (χ2n) is 7.81. The third kappa shape index (κ3) is 5.19. The van der Waals surface area contributed by atoms with Crippen LogP contribution in [0.2, 0.25) is 0 Å². The van der Waals surface area contributed by atoms with Gasteiger partial charge < -0.3 is 14.9 Å². The van der Waals surface area contributed by atoms with E-state index in [1.165, 1.54) is 31.6 Å². The Bertz CT molecular complexity index is 1390. The van der Waals surface area contributed by atoms with E-state index in [1.807, 2.05) is 0 Å². The van der Waals surface area contributed by atoms with Gasteiger partial charge >= 0.3 is 0 Å². The van der Waals surface area contributed by atoms with Crippen molar-refractivity contribution in [1.82, 2.24) is 20.2 Å². The first-order valence-corrected chi connectivity index (χ1v) is 12.2. The number of hydrogen-bond donors (Lipinski definition) is 1. The first-order valence-electron chi connectivity index (χ1n) is 10.5. The molecular formula is C22H22F2N6O4S. The zero-order valence-corrected chi connectivity index (χ0v) is 19.7. The lowest BCUT2D eigenvalue weighted by Crippen LogP contribution is -2.33. The summed E-state index contributed by atoms with van der Waals surface area (Å²) in [5, 5.41) is 5.40. The second-order valence-corrected chi connectivity index (χ2v) is 10.1. The molecule has 1 aliphatic rings. The molecule has 1 saturated heterocycles. The van der Waals surface area contributed by atoms with Gasteiger partial charge in [-0.15, -0.1) is 10.2 Å². The summed E-state index contributed by atoms with van der Waals surface area (Å²) in [5.41, 5.74) is 5.88. The van der Waals surface area contributed by atoms with Crippen LogP contribution in [0.4, 0.5) is 8.78 Å². The lowest BCUT2D eigenvalue weighted by molar-refractivity contribution is 0.250. The number of benzene rings is 1. The molecule has 0 bridgehead atoms. The molecule has 0 spiro atoms. The fourth-order valence-electron chi connectivity index (χ4n) is 3.79. The number of amidine groups is 1. The van der Waals surface area contributed by atoms with Crippen LogP contribution in [0.25, 0.3) is 11.9 Å². The molecule has 10 nitrogen and oxygen atoms in total. The zero-order valence-electron chi connectivity index (χ0n) is 18.9. The normalized spacial score (nSPS) is 20.2. The highest BCUT2D eigenvalue weighted by molar-refractivity contribution is 7.93. The first kappa shape index (κ1) is 24.4. The van der Waals surface area contributed by atoms with Crippen LogP contribution in [0.5, 0.6) is 5.88 Å². The molecule has 1 aliphatic heterocycles. The molecule has 4 rings (SSSR count). The summed E-state index contributed by atoms with van der Waals surface area (Å²) in [6.45, 7) is 1.62. The van der Waals surface area contributed by atoms with Crippen molar-refractivity contribution in [3.05, 3.63) is 65.0 Å². The molecule has 2 N–H and O–H groups in total. The number of rotatable bonds is 7. The van der Waals surface area contributed by atoms with Crippen LogP contribution >= 0.6 is 0 Å². The van der Waals surface area contributed by atoms with E-state index in [4.69, 9.17) is 14.9 Å². The van der Waals surface area contributed by atoms with Crippen LogP contribution in [0.3, 0.4) is 0 Å². The summed E-state index contributed by atoms with van der Waals surface area (Å²) in [4.78, 5) is 11.7. The van der Waals surface area contributed by atoms with Gasteiger partial charge in [-0.3, -0.25) is 4.99 Å². The molecule has 3 aromatic rings. The molecule has 184 valence electrons. The van der Waals surface area contributed by atoms with E-state index in [1.54, 1.807) is 6.92 Å². The molecule has 2 aromatic heterocycles. The van der Waals surface area contributed by atoms with Crippen LogP contribution in [0, 0.1) is 12.7 Å². The Labute approximate surface area is 199 Å². The first-order chi connectivity index (χ1) is 16.7. The molecule has 13 heteroatoms. The number of nitrogens with zero attached hydrogens (tertiary/aromatic N) is 5. The minimum atomic E-state index is -3.80. The van der Waals surface area contributed by atoms with Crippen molar-refractivity contribution in [2.75, 3.05) is 7.05 Å². The van der Waals surface area contributed by atoms with Crippen molar-refractivity contribution in [2.24, 2.45) is 10.7 Å². The largest absolute Gasteiger partial charge is 0.466 e. The zero-order chi connectivity index (χ0) is 25.2. The Kier molecular flexibility index (Phi) is 6.87. The quantitative estimate of drug-likeness (QED) is 0.379. The average molecular weight is 505 g/mol. The van der Waals surface area contributed by atoms with Crippen molar-refractivity contribution >= 4 is 27.6 Å². The van der Waals surface area contributed by atoms with Gasteiger partial charge in [0, 0.05) is 19.5 Å². The molecule has 0 saturated carbocycles. The molecule has 0 amide bonds. The Balaban J connectivity index is 1.51. The van der Waals surface area contributed by atoms with E-state index in [9.17, 15) is 17.2 Å². The van der Waals surface area contributed by atoms with E-state index >= 15 is 0 Å². The maximum Gasteiger partial charge on any atom is 0.253 e. The van der Waals surface area contributed by atoms with Gasteiger partial charge in [0.25, 0.3) is 5.89 Å².